The monoisotopic (exact) mass is 280 g/mol. The Morgan fingerprint density at radius 3 is 2.75 bits per heavy atom. The molecule has 2 aromatic carbocycles. The van der Waals surface area contributed by atoms with Crippen LogP contribution in [0, 0.1) is 11.6 Å². The molecule has 1 N–H and O–H groups in total. The number of H-pyrrole nitrogens is 1. The van der Waals surface area contributed by atoms with E-state index in [0.29, 0.717) is 4.64 Å². The second-order valence-corrected chi connectivity index (χ2v) is 5.38. The van der Waals surface area contributed by atoms with Crippen molar-refractivity contribution in [2.24, 2.45) is 0 Å². The summed E-state index contributed by atoms with van der Waals surface area (Å²) in [5.74, 6) is 0.829. The van der Waals surface area contributed by atoms with E-state index in [9.17, 15) is 0 Å². The predicted octanol–water partition coefficient (Wildman–Crippen LogP) is 4.83. The smallest absolute Gasteiger partial charge is 0.139 e. The first kappa shape index (κ1) is 13.0. The summed E-state index contributed by atoms with van der Waals surface area (Å²) in [5.41, 5.74) is 4.60. The van der Waals surface area contributed by atoms with Crippen molar-refractivity contribution < 1.29 is 0 Å². The summed E-state index contributed by atoms with van der Waals surface area (Å²) in [7, 11) is 0. The van der Waals surface area contributed by atoms with Crippen molar-refractivity contribution in [3.8, 4) is 11.4 Å². The minimum atomic E-state index is 0.658. The van der Waals surface area contributed by atoms with Crippen molar-refractivity contribution in [2.75, 3.05) is 0 Å². The largest absolute Gasteiger partial charge is 0.339 e. The van der Waals surface area contributed by atoms with E-state index < -0.39 is 0 Å². The fourth-order valence-electron chi connectivity index (χ4n) is 2.34. The highest BCUT2D eigenvalue weighted by Gasteiger charge is 2.04. The number of hydrogen-bond donors (Lipinski definition) is 1. The number of rotatable bonds is 2. The van der Waals surface area contributed by atoms with Gasteiger partial charge in [-0.3, -0.25) is 0 Å². The molecule has 100 valence electrons. The molecule has 0 atom stereocenters. The second-order valence-electron chi connectivity index (χ2n) is 4.99. The Morgan fingerprint density at radius 1 is 1.15 bits per heavy atom. The molecule has 0 bridgehead atoms. The Balaban J connectivity index is 2.22. The maximum Gasteiger partial charge on any atom is 0.139 e. The Bertz CT molecular complexity index is 834. The molecular formula is C17H16N2S. The number of nitrogens with one attached hydrogen (secondary N) is 1. The first-order valence-corrected chi connectivity index (χ1v) is 7.18. The summed E-state index contributed by atoms with van der Waals surface area (Å²) in [6.07, 6.45) is 1.00. The van der Waals surface area contributed by atoms with E-state index in [2.05, 4.69) is 54.1 Å². The molecule has 0 saturated heterocycles. The molecule has 0 aliphatic rings. The van der Waals surface area contributed by atoms with Crippen LogP contribution < -0.4 is 0 Å². The minimum Gasteiger partial charge on any atom is -0.339 e. The summed E-state index contributed by atoms with van der Waals surface area (Å²) in [6.45, 7) is 4.22. The van der Waals surface area contributed by atoms with Gasteiger partial charge < -0.3 is 4.98 Å². The molecule has 0 aliphatic heterocycles. The van der Waals surface area contributed by atoms with Crippen molar-refractivity contribution in [1.82, 2.24) is 9.97 Å². The molecule has 1 aromatic heterocycles. The first-order chi connectivity index (χ1) is 9.67. The number of fused-ring (bicyclic) bond motifs is 1. The van der Waals surface area contributed by atoms with E-state index in [4.69, 9.17) is 12.2 Å². The van der Waals surface area contributed by atoms with Crippen LogP contribution in [-0.2, 0) is 6.42 Å². The summed E-state index contributed by atoms with van der Waals surface area (Å²) in [5, 5.41) is 1.02. The molecule has 0 saturated carbocycles. The van der Waals surface area contributed by atoms with Gasteiger partial charge >= 0.3 is 0 Å². The maximum absolute atomic E-state index is 5.45. The topological polar surface area (TPSA) is 28.7 Å². The summed E-state index contributed by atoms with van der Waals surface area (Å²) in [6, 6.07) is 14.6. The van der Waals surface area contributed by atoms with Gasteiger partial charge in [0.2, 0.25) is 0 Å². The van der Waals surface area contributed by atoms with Gasteiger partial charge in [0, 0.05) is 16.5 Å². The molecule has 20 heavy (non-hydrogen) atoms. The quantitative estimate of drug-likeness (QED) is 0.681. The molecule has 0 aliphatic carbocycles. The molecule has 3 heteroatoms. The average molecular weight is 280 g/mol. The lowest BCUT2D eigenvalue weighted by molar-refractivity contribution is 1.14. The third-order valence-electron chi connectivity index (χ3n) is 3.48. The lowest BCUT2D eigenvalue weighted by Gasteiger charge is -2.06. The van der Waals surface area contributed by atoms with Crippen LogP contribution in [0.25, 0.3) is 22.3 Å². The van der Waals surface area contributed by atoms with Gasteiger partial charge in [-0.15, -0.1) is 0 Å². The van der Waals surface area contributed by atoms with Gasteiger partial charge in [0.15, 0.2) is 0 Å². The Kier molecular flexibility index (Phi) is 3.36. The van der Waals surface area contributed by atoms with Crippen LogP contribution >= 0.6 is 12.2 Å². The van der Waals surface area contributed by atoms with E-state index in [1.807, 2.05) is 12.1 Å². The summed E-state index contributed by atoms with van der Waals surface area (Å²) in [4.78, 5) is 7.93. The number of aryl methyl sites for hydroxylation is 2. The van der Waals surface area contributed by atoms with Crippen molar-refractivity contribution in [1.29, 1.82) is 0 Å². The molecule has 0 unspecified atom stereocenters. The Morgan fingerprint density at radius 2 is 2.00 bits per heavy atom. The van der Waals surface area contributed by atoms with Crippen LogP contribution in [0.1, 0.15) is 18.1 Å². The van der Waals surface area contributed by atoms with Crippen molar-refractivity contribution in [2.45, 2.75) is 20.3 Å². The molecular weight excluding hydrogens is 264 g/mol. The fourth-order valence-corrected chi connectivity index (χ4v) is 2.60. The molecule has 0 radical (unpaired) electrons. The predicted molar refractivity (Wildman–Crippen MR) is 86.5 cm³/mol. The van der Waals surface area contributed by atoms with Crippen LogP contribution in [0.3, 0.4) is 0 Å². The third-order valence-corrected chi connectivity index (χ3v) is 3.79. The van der Waals surface area contributed by atoms with Crippen LogP contribution in [-0.4, -0.2) is 9.97 Å². The number of aromatic amines is 1. The van der Waals surface area contributed by atoms with Crippen LogP contribution in [0.4, 0.5) is 0 Å². The highest BCUT2D eigenvalue weighted by atomic mass is 32.1. The average Bonchev–Trinajstić information content (AvgIpc) is 2.47. The zero-order valence-electron chi connectivity index (χ0n) is 11.6. The third kappa shape index (κ3) is 2.37. The summed E-state index contributed by atoms with van der Waals surface area (Å²) < 4.78 is 0.658. The normalized spacial score (nSPS) is 10.9. The van der Waals surface area contributed by atoms with Gasteiger partial charge in [-0.1, -0.05) is 49.0 Å². The molecule has 0 amide bonds. The highest BCUT2D eigenvalue weighted by molar-refractivity contribution is 7.71. The second kappa shape index (κ2) is 5.17. The van der Waals surface area contributed by atoms with Gasteiger partial charge in [-0.25, -0.2) is 4.98 Å². The van der Waals surface area contributed by atoms with Gasteiger partial charge in [0.05, 0.1) is 0 Å². The van der Waals surface area contributed by atoms with Crippen molar-refractivity contribution >= 4 is 23.1 Å². The van der Waals surface area contributed by atoms with Crippen molar-refractivity contribution in [3.05, 3.63) is 58.2 Å². The van der Waals surface area contributed by atoms with E-state index in [1.54, 1.807) is 0 Å². The molecule has 3 aromatic rings. The molecule has 0 fully saturated rings. The lowest BCUT2D eigenvalue weighted by atomic mass is 10.1. The number of nitrogens with zero attached hydrogens (tertiary/aromatic N) is 1. The van der Waals surface area contributed by atoms with E-state index in [1.165, 1.54) is 11.1 Å². The molecule has 1 heterocycles. The first-order valence-electron chi connectivity index (χ1n) is 6.77. The molecule has 2 nitrogen and oxygen atoms in total. The Labute approximate surface area is 123 Å². The van der Waals surface area contributed by atoms with Gasteiger partial charge in [-0.2, -0.15) is 0 Å². The SMILES string of the molecule is CCc1ccc2[nH]c(-c3cccc(C)c3)nc(=S)c2c1. The molecule has 0 spiro atoms. The standard InChI is InChI=1S/C17H16N2S/c1-3-12-7-8-15-14(10-12)17(20)19-16(18-15)13-6-4-5-11(2)9-13/h4-10H,3H2,1-2H3,(H,18,19,20). The van der Waals surface area contributed by atoms with Crippen LogP contribution in [0.5, 0.6) is 0 Å². The number of hydrogen-bond acceptors (Lipinski definition) is 2. The zero-order chi connectivity index (χ0) is 14.1. The van der Waals surface area contributed by atoms with Crippen LogP contribution in [0.15, 0.2) is 42.5 Å². The van der Waals surface area contributed by atoms with E-state index >= 15 is 0 Å². The van der Waals surface area contributed by atoms with Crippen LogP contribution in [0.2, 0.25) is 0 Å². The van der Waals surface area contributed by atoms with Gasteiger partial charge in [0.1, 0.15) is 10.5 Å². The van der Waals surface area contributed by atoms with E-state index in [-0.39, 0.29) is 0 Å². The van der Waals surface area contributed by atoms with Crippen molar-refractivity contribution in [3.63, 3.8) is 0 Å². The summed E-state index contributed by atoms with van der Waals surface area (Å²) >= 11 is 5.45. The van der Waals surface area contributed by atoms with Gasteiger partial charge in [-0.05, 0) is 37.1 Å². The number of benzene rings is 2. The highest BCUT2D eigenvalue weighted by Crippen LogP contribution is 2.21. The fraction of sp³-hybridized carbons (Fsp3) is 0.176. The lowest BCUT2D eigenvalue weighted by Crippen LogP contribution is -1.93. The Hall–Kier alpha value is -2.00. The zero-order valence-corrected chi connectivity index (χ0v) is 12.4. The number of aromatic nitrogens is 2. The van der Waals surface area contributed by atoms with E-state index in [0.717, 1.165) is 28.7 Å². The minimum absolute atomic E-state index is 0.658. The maximum atomic E-state index is 5.45. The molecule has 3 rings (SSSR count). The van der Waals surface area contributed by atoms with Gasteiger partial charge in [0.25, 0.3) is 0 Å².